The Balaban J connectivity index is 1.61. The minimum atomic E-state index is -3.89. The van der Waals surface area contributed by atoms with Crippen molar-refractivity contribution in [1.29, 1.82) is 0 Å². The third-order valence-electron chi connectivity index (χ3n) is 6.98. The van der Waals surface area contributed by atoms with Gasteiger partial charge in [0.1, 0.15) is 11.0 Å². The summed E-state index contributed by atoms with van der Waals surface area (Å²) in [4.78, 5) is 0. The zero-order chi connectivity index (χ0) is 23.6. The maximum Gasteiger partial charge on any atom is 0.314 e. The molecular formula is C29H21NO3S2. The van der Waals surface area contributed by atoms with Crippen LogP contribution in [0.5, 0.6) is 5.75 Å². The molecule has 5 aromatic rings. The number of hydrogen-bond donors (Lipinski definition) is 0. The van der Waals surface area contributed by atoms with Gasteiger partial charge in [0.2, 0.25) is 0 Å². The molecule has 0 aliphatic carbocycles. The molecule has 7 rings (SSSR count). The summed E-state index contributed by atoms with van der Waals surface area (Å²) in [7, 11) is -3.89. The van der Waals surface area contributed by atoms with Gasteiger partial charge in [0.25, 0.3) is 0 Å². The van der Waals surface area contributed by atoms with Gasteiger partial charge in [0.15, 0.2) is 0 Å². The quantitative estimate of drug-likeness (QED) is 0.256. The van der Waals surface area contributed by atoms with E-state index in [1.54, 1.807) is 17.8 Å². The topological polar surface area (TPSA) is 48.3 Å². The summed E-state index contributed by atoms with van der Waals surface area (Å²) in [5.41, 5.74) is 5.10. The average molecular weight is 496 g/mol. The second kappa shape index (κ2) is 7.77. The molecule has 0 fully saturated rings. The highest BCUT2D eigenvalue weighted by Crippen LogP contribution is 2.60. The van der Waals surface area contributed by atoms with Gasteiger partial charge < -0.3 is 8.75 Å². The maximum absolute atomic E-state index is 13.7. The summed E-state index contributed by atoms with van der Waals surface area (Å²) in [5.74, 6) is 0.0798. The molecule has 0 saturated heterocycles. The minimum Gasteiger partial charge on any atom is -0.382 e. The van der Waals surface area contributed by atoms with E-state index in [0.717, 1.165) is 38.3 Å². The zero-order valence-electron chi connectivity index (χ0n) is 18.6. The van der Waals surface area contributed by atoms with E-state index < -0.39 is 15.4 Å². The van der Waals surface area contributed by atoms with Crippen LogP contribution in [0.1, 0.15) is 27.9 Å². The van der Waals surface area contributed by atoms with Gasteiger partial charge in [0.05, 0.1) is 15.8 Å². The van der Waals surface area contributed by atoms with Gasteiger partial charge in [-0.2, -0.15) is 8.42 Å². The third kappa shape index (κ3) is 3.10. The highest BCUT2D eigenvalue weighted by atomic mass is 32.2. The molecule has 3 heterocycles. The standard InChI is InChI=1S/C29H21NO3S2/c31-35(32)28-25(22-16-8-10-18-24(22)33-35)26-21-15-7-9-17-23(21)30(20-13-5-2-6-14-20)29(26)34-27(28)19-11-3-1-4-12-19/h1-18,25,27-28H/t25-,27+,28-/m0/s1. The summed E-state index contributed by atoms with van der Waals surface area (Å²) in [5, 5.41) is 1.10. The van der Waals surface area contributed by atoms with Crippen LogP contribution in [-0.4, -0.2) is 18.2 Å². The average Bonchev–Trinajstić information content (AvgIpc) is 3.23. The molecule has 2 aliphatic rings. The second-order valence-electron chi connectivity index (χ2n) is 8.91. The lowest BCUT2D eigenvalue weighted by Crippen LogP contribution is -2.42. The van der Waals surface area contributed by atoms with E-state index in [1.165, 1.54) is 0 Å². The van der Waals surface area contributed by atoms with Crippen LogP contribution in [0.15, 0.2) is 114 Å². The first-order valence-electron chi connectivity index (χ1n) is 11.6. The maximum atomic E-state index is 13.7. The largest absolute Gasteiger partial charge is 0.382 e. The van der Waals surface area contributed by atoms with Crippen LogP contribution in [0, 0.1) is 0 Å². The van der Waals surface area contributed by atoms with Crippen molar-refractivity contribution in [3.05, 3.63) is 126 Å². The molecule has 0 spiro atoms. The van der Waals surface area contributed by atoms with Gasteiger partial charge in [0, 0.05) is 28.1 Å². The molecule has 4 nitrogen and oxygen atoms in total. The van der Waals surface area contributed by atoms with Crippen LogP contribution in [-0.2, 0) is 10.1 Å². The van der Waals surface area contributed by atoms with E-state index >= 15 is 0 Å². The first-order valence-corrected chi connectivity index (χ1v) is 13.9. The molecule has 35 heavy (non-hydrogen) atoms. The summed E-state index contributed by atoms with van der Waals surface area (Å²) >= 11 is 1.62. The lowest BCUT2D eigenvalue weighted by molar-refractivity contribution is 0.434. The summed E-state index contributed by atoms with van der Waals surface area (Å²) in [6.07, 6.45) is 0. The van der Waals surface area contributed by atoms with Crippen LogP contribution < -0.4 is 4.18 Å². The summed E-state index contributed by atoms with van der Waals surface area (Å²) in [6.45, 7) is 0. The van der Waals surface area contributed by atoms with Gasteiger partial charge in [-0.3, -0.25) is 0 Å². The fourth-order valence-corrected chi connectivity index (χ4v) is 9.23. The number of nitrogens with zero attached hydrogens (tertiary/aromatic N) is 1. The highest BCUT2D eigenvalue weighted by Gasteiger charge is 2.53. The Bertz CT molecular complexity index is 1680. The van der Waals surface area contributed by atoms with E-state index in [1.807, 2.05) is 78.9 Å². The number of thioether (sulfide) groups is 1. The number of para-hydroxylation sites is 3. The van der Waals surface area contributed by atoms with Gasteiger partial charge in [-0.1, -0.05) is 96.7 Å². The first kappa shape index (κ1) is 20.9. The Labute approximate surface area is 208 Å². The molecule has 0 amide bonds. The molecule has 3 atom stereocenters. The predicted octanol–water partition coefficient (Wildman–Crippen LogP) is 6.70. The lowest BCUT2D eigenvalue weighted by Gasteiger charge is -2.41. The van der Waals surface area contributed by atoms with Crippen molar-refractivity contribution < 1.29 is 12.6 Å². The monoisotopic (exact) mass is 495 g/mol. The van der Waals surface area contributed by atoms with Crippen LogP contribution in [0.3, 0.4) is 0 Å². The Morgan fingerprint density at radius 1 is 0.743 bits per heavy atom. The molecular weight excluding hydrogens is 474 g/mol. The Morgan fingerprint density at radius 3 is 2.20 bits per heavy atom. The molecule has 172 valence electrons. The van der Waals surface area contributed by atoms with Crippen molar-refractivity contribution >= 4 is 32.8 Å². The van der Waals surface area contributed by atoms with E-state index in [-0.39, 0.29) is 11.2 Å². The first-order chi connectivity index (χ1) is 17.1. The zero-order valence-corrected chi connectivity index (χ0v) is 20.2. The molecule has 0 bridgehead atoms. The predicted molar refractivity (Wildman–Crippen MR) is 140 cm³/mol. The van der Waals surface area contributed by atoms with Crippen LogP contribution in [0.4, 0.5) is 0 Å². The fourth-order valence-electron chi connectivity index (χ4n) is 5.56. The highest BCUT2D eigenvalue weighted by molar-refractivity contribution is 8.00. The van der Waals surface area contributed by atoms with Crippen LogP contribution in [0.2, 0.25) is 0 Å². The number of aromatic nitrogens is 1. The third-order valence-corrected chi connectivity index (χ3v) is 10.2. The summed E-state index contributed by atoms with van der Waals surface area (Å²) < 4.78 is 35.5. The Morgan fingerprint density at radius 2 is 1.40 bits per heavy atom. The smallest absolute Gasteiger partial charge is 0.314 e. The molecule has 6 heteroatoms. The van der Waals surface area contributed by atoms with Crippen molar-refractivity contribution in [3.63, 3.8) is 0 Å². The molecule has 4 aromatic carbocycles. The van der Waals surface area contributed by atoms with Gasteiger partial charge in [-0.15, -0.1) is 0 Å². The number of rotatable bonds is 2. The Hall–Kier alpha value is -3.48. The van der Waals surface area contributed by atoms with E-state index in [0.29, 0.717) is 5.75 Å². The lowest BCUT2D eigenvalue weighted by atomic mass is 9.84. The number of fused-ring (bicyclic) bond motifs is 7. The molecule has 2 aliphatic heterocycles. The normalized spacial score (nSPS) is 22.0. The van der Waals surface area contributed by atoms with Crippen molar-refractivity contribution in [3.8, 4) is 11.4 Å². The van der Waals surface area contributed by atoms with Crippen molar-refractivity contribution in [2.24, 2.45) is 0 Å². The number of hydrogen-bond acceptors (Lipinski definition) is 4. The SMILES string of the molecule is O=S1(=O)Oc2ccccc2[C@H]2c3c(n(-c4ccccc4)c4ccccc34)S[C@H](c3ccccc3)[C@H]21. The molecule has 0 saturated carbocycles. The Kier molecular flexibility index (Phi) is 4.63. The van der Waals surface area contributed by atoms with Crippen LogP contribution >= 0.6 is 11.8 Å². The fraction of sp³-hybridized carbons (Fsp3) is 0.103. The van der Waals surface area contributed by atoms with E-state index in [4.69, 9.17) is 4.18 Å². The summed E-state index contributed by atoms with van der Waals surface area (Å²) in [6, 6.07) is 36.1. The molecule has 0 N–H and O–H groups in total. The van der Waals surface area contributed by atoms with Crippen LogP contribution in [0.25, 0.3) is 16.6 Å². The van der Waals surface area contributed by atoms with E-state index in [9.17, 15) is 8.42 Å². The van der Waals surface area contributed by atoms with Gasteiger partial charge in [-0.25, -0.2) is 0 Å². The minimum absolute atomic E-state index is 0.321. The van der Waals surface area contributed by atoms with Crippen molar-refractivity contribution in [2.75, 3.05) is 0 Å². The van der Waals surface area contributed by atoms with Gasteiger partial charge in [-0.05, 0) is 29.8 Å². The molecule has 0 radical (unpaired) electrons. The molecule has 0 unspecified atom stereocenters. The van der Waals surface area contributed by atoms with E-state index in [2.05, 4.69) is 28.8 Å². The number of benzene rings is 4. The van der Waals surface area contributed by atoms with Gasteiger partial charge >= 0.3 is 10.1 Å². The molecule has 1 aromatic heterocycles. The van der Waals surface area contributed by atoms with Crippen molar-refractivity contribution in [2.45, 2.75) is 21.4 Å². The second-order valence-corrected chi connectivity index (χ2v) is 11.7. The van der Waals surface area contributed by atoms with Crippen molar-refractivity contribution in [1.82, 2.24) is 4.57 Å².